The lowest BCUT2D eigenvalue weighted by Gasteiger charge is -2.10. The van der Waals surface area contributed by atoms with Gasteiger partial charge in [-0.3, -0.25) is 9.89 Å². The molecule has 0 aliphatic carbocycles. The second-order valence-corrected chi connectivity index (χ2v) is 5.76. The van der Waals surface area contributed by atoms with E-state index in [9.17, 15) is 4.79 Å². The molecule has 0 atom stereocenters. The number of amides is 1. The van der Waals surface area contributed by atoms with Gasteiger partial charge in [0.1, 0.15) is 22.9 Å². The molecule has 3 aromatic rings. The highest BCUT2D eigenvalue weighted by atomic mass is 16.5. The molecule has 0 fully saturated rings. The van der Waals surface area contributed by atoms with Crippen LogP contribution in [0.5, 0.6) is 17.2 Å². The molecule has 2 N–H and O–H groups in total. The molecule has 3 rings (SSSR count). The summed E-state index contributed by atoms with van der Waals surface area (Å²) in [4.78, 5) is 12.4. The highest BCUT2D eigenvalue weighted by molar-refractivity contribution is 5.93. The van der Waals surface area contributed by atoms with E-state index in [2.05, 4.69) is 15.5 Å². The van der Waals surface area contributed by atoms with Gasteiger partial charge in [0.2, 0.25) is 0 Å². The molecule has 0 saturated heterocycles. The number of ether oxygens (including phenoxy) is 3. The molecule has 1 amide bonds. The molecule has 7 nitrogen and oxygen atoms in total. The van der Waals surface area contributed by atoms with E-state index in [-0.39, 0.29) is 5.91 Å². The summed E-state index contributed by atoms with van der Waals surface area (Å²) in [6.45, 7) is 0.322. The number of nitrogens with zero attached hydrogens (tertiary/aromatic N) is 1. The minimum atomic E-state index is -0.250. The van der Waals surface area contributed by atoms with Gasteiger partial charge in [0.25, 0.3) is 5.91 Å². The fourth-order valence-corrected chi connectivity index (χ4v) is 2.62. The van der Waals surface area contributed by atoms with E-state index < -0.39 is 0 Å². The molecular weight excluding hydrogens is 346 g/mol. The predicted molar refractivity (Wildman–Crippen MR) is 101 cm³/mol. The highest BCUT2D eigenvalue weighted by Crippen LogP contribution is 2.25. The number of methoxy groups -OCH3 is 3. The zero-order chi connectivity index (χ0) is 19.2. The van der Waals surface area contributed by atoms with Gasteiger partial charge >= 0.3 is 0 Å². The Labute approximate surface area is 157 Å². The summed E-state index contributed by atoms with van der Waals surface area (Å²) in [6.07, 6.45) is 0. The van der Waals surface area contributed by atoms with Gasteiger partial charge < -0.3 is 19.5 Å². The molecule has 0 saturated carbocycles. The van der Waals surface area contributed by atoms with Crippen molar-refractivity contribution in [2.24, 2.45) is 0 Å². The van der Waals surface area contributed by atoms with E-state index in [0.717, 1.165) is 16.9 Å². The van der Waals surface area contributed by atoms with Crippen molar-refractivity contribution in [2.45, 2.75) is 6.54 Å². The molecule has 1 heterocycles. The van der Waals surface area contributed by atoms with Gasteiger partial charge in [-0.05, 0) is 42.5 Å². The summed E-state index contributed by atoms with van der Waals surface area (Å²) in [5.41, 5.74) is 2.81. The summed E-state index contributed by atoms with van der Waals surface area (Å²) >= 11 is 0. The van der Waals surface area contributed by atoms with Crippen LogP contribution in [-0.2, 0) is 6.54 Å². The summed E-state index contributed by atoms with van der Waals surface area (Å²) < 4.78 is 15.7. The van der Waals surface area contributed by atoms with Crippen molar-refractivity contribution in [3.05, 3.63) is 59.8 Å². The first-order chi connectivity index (χ1) is 13.1. The lowest BCUT2D eigenvalue weighted by atomic mass is 10.1. The maximum atomic E-state index is 12.4. The number of rotatable bonds is 7. The van der Waals surface area contributed by atoms with Crippen molar-refractivity contribution in [3.8, 4) is 28.5 Å². The minimum Gasteiger partial charge on any atom is -0.497 e. The molecule has 0 aliphatic rings. The molecule has 7 heteroatoms. The number of hydrogen-bond acceptors (Lipinski definition) is 5. The van der Waals surface area contributed by atoms with Gasteiger partial charge in [0.05, 0.1) is 27.0 Å². The van der Waals surface area contributed by atoms with Gasteiger partial charge in [-0.25, -0.2) is 0 Å². The maximum absolute atomic E-state index is 12.4. The Kier molecular flexibility index (Phi) is 5.61. The summed E-state index contributed by atoms with van der Waals surface area (Å²) in [6, 6.07) is 14.6. The monoisotopic (exact) mass is 367 g/mol. The topological polar surface area (TPSA) is 85.5 Å². The molecule has 27 heavy (non-hydrogen) atoms. The van der Waals surface area contributed by atoms with Gasteiger partial charge in [-0.15, -0.1) is 0 Å². The van der Waals surface area contributed by atoms with E-state index in [1.807, 2.05) is 36.4 Å². The van der Waals surface area contributed by atoms with E-state index >= 15 is 0 Å². The van der Waals surface area contributed by atoms with E-state index in [0.29, 0.717) is 29.4 Å². The van der Waals surface area contributed by atoms with E-state index in [1.54, 1.807) is 33.5 Å². The van der Waals surface area contributed by atoms with Crippen molar-refractivity contribution in [3.63, 3.8) is 0 Å². The van der Waals surface area contributed by atoms with Gasteiger partial charge in [-0.2, -0.15) is 5.10 Å². The zero-order valence-corrected chi connectivity index (χ0v) is 15.4. The van der Waals surface area contributed by atoms with Crippen LogP contribution < -0.4 is 19.5 Å². The number of nitrogens with one attached hydrogen (secondary N) is 2. The van der Waals surface area contributed by atoms with Crippen LogP contribution in [0.1, 0.15) is 16.1 Å². The number of carbonyl (C=O) groups excluding carboxylic acids is 1. The Hall–Kier alpha value is -3.48. The predicted octanol–water partition coefficient (Wildman–Crippen LogP) is 3.03. The van der Waals surface area contributed by atoms with Crippen LogP contribution >= 0.6 is 0 Å². The number of carbonyl (C=O) groups is 1. The number of aromatic nitrogens is 2. The van der Waals surface area contributed by atoms with Gasteiger partial charge in [0.15, 0.2) is 0 Å². The van der Waals surface area contributed by atoms with Gasteiger partial charge in [-0.1, -0.05) is 0 Å². The molecule has 0 aliphatic heterocycles. The number of H-pyrrole nitrogens is 1. The van der Waals surface area contributed by atoms with Crippen molar-refractivity contribution < 1.29 is 19.0 Å². The Morgan fingerprint density at radius 2 is 1.67 bits per heavy atom. The summed E-state index contributed by atoms with van der Waals surface area (Å²) in [7, 11) is 4.79. The average molecular weight is 367 g/mol. The van der Waals surface area contributed by atoms with E-state index in [1.165, 1.54) is 0 Å². The van der Waals surface area contributed by atoms with Crippen LogP contribution in [0.3, 0.4) is 0 Å². The lowest BCUT2D eigenvalue weighted by Crippen LogP contribution is -2.23. The third-order valence-corrected chi connectivity index (χ3v) is 4.14. The van der Waals surface area contributed by atoms with Crippen LogP contribution in [0.25, 0.3) is 11.3 Å². The Morgan fingerprint density at radius 1 is 0.963 bits per heavy atom. The molecule has 2 aromatic carbocycles. The fourth-order valence-electron chi connectivity index (χ4n) is 2.62. The quantitative estimate of drug-likeness (QED) is 0.670. The normalized spacial score (nSPS) is 10.3. The number of aromatic amines is 1. The number of hydrogen-bond donors (Lipinski definition) is 2. The number of benzene rings is 2. The second kappa shape index (κ2) is 8.27. The lowest BCUT2D eigenvalue weighted by molar-refractivity contribution is 0.0945. The van der Waals surface area contributed by atoms with Crippen molar-refractivity contribution in [1.82, 2.24) is 15.5 Å². The van der Waals surface area contributed by atoms with Crippen molar-refractivity contribution in [2.75, 3.05) is 21.3 Å². The molecule has 0 bridgehead atoms. The minimum absolute atomic E-state index is 0.250. The van der Waals surface area contributed by atoms with Crippen LogP contribution in [0.4, 0.5) is 0 Å². The van der Waals surface area contributed by atoms with Crippen LogP contribution in [0.15, 0.2) is 48.5 Å². The fraction of sp³-hybridized carbons (Fsp3) is 0.200. The van der Waals surface area contributed by atoms with E-state index in [4.69, 9.17) is 14.2 Å². The second-order valence-electron chi connectivity index (χ2n) is 5.76. The third-order valence-electron chi connectivity index (χ3n) is 4.14. The van der Waals surface area contributed by atoms with Gasteiger partial charge in [0, 0.05) is 23.7 Å². The SMILES string of the molecule is COc1ccc(-c2cc(C(=O)NCc3ccc(OC)cc3OC)[nH]n2)cc1. The Morgan fingerprint density at radius 3 is 2.33 bits per heavy atom. The first-order valence-corrected chi connectivity index (χ1v) is 8.33. The van der Waals surface area contributed by atoms with Crippen molar-refractivity contribution >= 4 is 5.91 Å². The standard InChI is InChI=1S/C20H21N3O4/c1-25-15-7-4-13(5-8-15)17-11-18(23-22-17)20(24)21-12-14-6-9-16(26-2)10-19(14)27-3/h4-11H,12H2,1-3H3,(H,21,24)(H,22,23). The Balaban J connectivity index is 1.67. The van der Waals surface area contributed by atoms with Crippen LogP contribution in [0, 0.1) is 0 Å². The smallest absolute Gasteiger partial charge is 0.269 e. The maximum Gasteiger partial charge on any atom is 0.269 e. The zero-order valence-electron chi connectivity index (χ0n) is 15.4. The molecule has 1 aromatic heterocycles. The first kappa shape index (κ1) is 18.3. The van der Waals surface area contributed by atoms with Crippen LogP contribution in [0.2, 0.25) is 0 Å². The molecule has 0 spiro atoms. The summed E-state index contributed by atoms with van der Waals surface area (Å²) in [5, 5.41) is 9.84. The average Bonchev–Trinajstić information content (AvgIpc) is 3.22. The molecule has 0 unspecified atom stereocenters. The first-order valence-electron chi connectivity index (χ1n) is 8.33. The van der Waals surface area contributed by atoms with Crippen LogP contribution in [-0.4, -0.2) is 37.4 Å². The summed E-state index contributed by atoms with van der Waals surface area (Å²) in [5.74, 6) is 1.86. The largest absolute Gasteiger partial charge is 0.497 e. The molecule has 140 valence electrons. The molecular formula is C20H21N3O4. The molecule has 0 radical (unpaired) electrons. The highest BCUT2D eigenvalue weighted by Gasteiger charge is 2.12. The Bertz CT molecular complexity index is 919. The van der Waals surface area contributed by atoms with Crippen molar-refractivity contribution in [1.29, 1.82) is 0 Å². The third kappa shape index (κ3) is 4.20.